The second-order valence-electron chi connectivity index (χ2n) is 7.14. The van der Waals surface area contributed by atoms with E-state index in [-0.39, 0.29) is 12.4 Å². The molecular formula is C21H23N3O3S2. The molecule has 0 aliphatic heterocycles. The van der Waals surface area contributed by atoms with E-state index in [0.717, 1.165) is 23.1 Å². The Balaban J connectivity index is 1.35. The Kier molecular flexibility index (Phi) is 6.03. The summed E-state index contributed by atoms with van der Waals surface area (Å²) in [6.45, 7) is 1.67. The largest absolute Gasteiger partial charge is 0.491 e. The maximum atomic E-state index is 11.3. The van der Waals surface area contributed by atoms with Gasteiger partial charge in [0, 0.05) is 16.2 Å². The third kappa shape index (κ3) is 4.55. The van der Waals surface area contributed by atoms with E-state index in [4.69, 9.17) is 10.5 Å². The fourth-order valence-corrected chi connectivity index (χ4v) is 5.51. The Morgan fingerprint density at radius 3 is 2.79 bits per heavy atom. The van der Waals surface area contributed by atoms with Crippen molar-refractivity contribution in [2.75, 3.05) is 18.1 Å². The molecule has 0 unspecified atom stereocenters. The molecule has 0 spiro atoms. The van der Waals surface area contributed by atoms with E-state index in [9.17, 15) is 9.90 Å². The van der Waals surface area contributed by atoms with Crippen LogP contribution < -0.4 is 10.5 Å². The summed E-state index contributed by atoms with van der Waals surface area (Å²) in [5.41, 5.74) is 8.19. The monoisotopic (exact) mass is 429 g/mol. The first-order chi connectivity index (χ1) is 14.0. The van der Waals surface area contributed by atoms with Crippen LogP contribution in [-0.4, -0.2) is 39.3 Å². The number of carbonyl (C=O) groups is 1. The van der Waals surface area contributed by atoms with Crippen molar-refractivity contribution in [1.82, 2.24) is 9.97 Å². The zero-order chi connectivity index (χ0) is 20.4. The average Bonchev–Trinajstić information content (AvgIpc) is 3.10. The van der Waals surface area contributed by atoms with Gasteiger partial charge in [0.2, 0.25) is 0 Å². The summed E-state index contributed by atoms with van der Waals surface area (Å²) in [6.07, 6.45) is 3.89. The molecule has 2 heterocycles. The van der Waals surface area contributed by atoms with Gasteiger partial charge in [-0.25, -0.2) is 9.97 Å². The number of aromatic nitrogens is 2. The summed E-state index contributed by atoms with van der Waals surface area (Å²) >= 11 is 3.09. The molecule has 152 valence electrons. The van der Waals surface area contributed by atoms with Gasteiger partial charge in [-0.2, -0.15) is 0 Å². The van der Waals surface area contributed by atoms with Crippen LogP contribution in [0.25, 0.3) is 10.2 Å². The summed E-state index contributed by atoms with van der Waals surface area (Å²) in [6, 6.07) is 6.89. The topological polar surface area (TPSA) is 98.3 Å². The first-order valence-electron chi connectivity index (χ1n) is 9.63. The SMILES string of the molecule is CC(=O)c1ccc(OC[C@H](O)CSc2nc(N)c3c4c(sc3n2)CCCC4)cc1. The number of ether oxygens (including phenoxy) is 1. The number of thiophene rings is 1. The molecule has 3 aromatic rings. The van der Waals surface area contributed by atoms with Crippen molar-refractivity contribution in [3.05, 3.63) is 40.3 Å². The number of aliphatic hydroxyl groups excluding tert-OH is 1. The second kappa shape index (κ2) is 8.69. The smallest absolute Gasteiger partial charge is 0.190 e. The molecule has 1 atom stereocenters. The third-order valence-electron chi connectivity index (χ3n) is 4.93. The molecular weight excluding hydrogens is 406 g/mol. The van der Waals surface area contributed by atoms with Gasteiger partial charge in [-0.1, -0.05) is 11.8 Å². The normalized spacial score (nSPS) is 14.6. The van der Waals surface area contributed by atoms with Gasteiger partial charge in [-0.15, -0.1) is 11.3 Å². The number of nitrogens with zero attached hydrogens (tertiary/aromatic N) is 2. The van der Waals surface area contributed by atoms with E-state index in [0.29, 0.717) is 28.0 Å². The van der Waals surface area contributed by atoms with Crippen LogP contribution in [0.2, 0.25) is 0 Å². The maximum absolute atomic E-state index is 11.3. The first kappa shape index (κ1) is 20.1. The number of fused-ring (bicyclic) bond motifs is 3. The zero-order valence-corrected chi connectivity index (χ0v) is 17.8. The van der Waals surface area contributed by atoms with Crippen LogP contribution in [-0.2, 0) is 12.8 Å². The lowest BCUT2D eigenvalue weighted by molar-refractivity contribution is 0.101. The van der Waals surface area contributed by atoms with E-state index in [2.05, 4.69) is 9.97 Å². The van der Waals surface area contributed by atoms with Crippen molar-refractivity contribution in [2.45, 2.75) is 43.9 Å². The number of aliphatic hydroxyl groups is 1. The number of hydrogen-bond donors (Lipinski definition) is 2. The van der Waals surface area contributed by atoms with Gasteiger partial charge in [0.05, 0.1) is 11.5 Å². The number of benzene rings is 1. The van der Waals surface area contributed by atoms with Gasteiger partial charge in [0.15, 0.2) is 10.9 Å². The van der Waals surface area contributed by atoms with Crippen LogP contribution in [0.1, 0.15) is 40.6 Å². The first-order valence-corrected chi connectivity index (χ1v) is 11.4. The predicted octanol–water partition coefficient (Wildman–Crippen LogP) is 3.89. The van der Waals surface area contributed by atoms with Crippen molar-refractivity contribution in [3.8, 4) is 5.75 Å². The van der Waals surface area contributed by atoms with Crippen molar-refractivity contribution < 1.29 is 14.6 Å². The molecule has 3 N–H and O–H groups in total. The number of aryl methyl sites for hydroxylation is 2. The Hall–Kier alpha value is -2.16. The number of anilines is 1. The van der Waals surface area contributed by atoms with Gasteiger partial charge < -0.3 is 15.6 Å². The fraction of sp³-hybridized carbons (Fsp3) is 0.381. The van der Waals surface area contributed by atoms with Crippen molar-refractivity contribution in [1.29, 1.82) is 0 Å². The van der Waals surface area contributed by atoms with Crippen LogP contribution in [0.3, 0.4) is 0 Å². The minimum atomic E-state index is -0.676. The van der Waals surface area contributed by atoms with Gasteiger partial charge in [0.25, 0.3) is 0 Å². The third-order valence-corrected chi connectivity index (χ3v) is 7.11. The van der Waals surface area contributed by atoms with Crippen LogP contribution >= 0.6 is 23.1 Å². The van der Waals surface area contributed by atoms with Crippen molar-refractivity contribution in [3.63, 3.8) is 0 Å². The fourth-order valence-electron chi connectivity index (χ4n) is 3.43. The molecule has 0 fully saturated rings. The van der Waals surface area contributed by atoms with E-state index < -0.39 is 6.10 Å². The van der Waals surface area contributed by atoms with Gasteiger partial charge in [-0.05, 0) is 62.4 Å². The quantitative estimate of drug-likeness (QED) is 0.334. The number of nitrogens with two attached hydrogens (primary N) is 1. The minimum absolute atomic E-state index is 0.0100. The number of Topliss-reactive ketones (excluding diaryl/α,β-unsaturated/α-hetero) is 1. The number of nitrogen functional groups attached to an aromatic ring is 1. The van der Waals surface area contributed by atoms with E-state index >= 15 is 0 Å². The standard InChI is InChI=1S/C21H23N3O3S2/c1-12(25)13-6-8-15(9-7-13)27-10-14(26)11-28-21-23-19(22)18-16-4-2-3-5-17(16)29-20(18)24-21/h6-9,14,26H,2-5,10-11H2,1H3,(H2,22,23,24)/t14-/m0/s1. The van der Waals surface area contributed by atoms with Gasteiger partial charge in [0.1, 0.15) is 23.0 Å². The summed E-state index contributed by atoms with van der Waals surface area (Å²) in [5.74, 6) is 1.57. The Morgan fingerprint density at radius 2 is 2.03 bits per heavy atom. The molecule has 4 rings (SSSR count). The molecule has 0 saturated carbocycles. The lowest BCUT2D eigenvalue weighted by Crippen LogP contribution is -2.20. The second-order valence-corrected chi connectivity index (χ2v) is 9.21. The molecule has 1 aromatic carbocycles. The number of hydrogen-bond acceptors (Lipinski definition) is 8. The van der Waals surface area contributed by atoms with Crippen molar-refractivity contribution in [2.24, 2.45) is 0 Å². The van der Waals surface area contributed by atoms with Gasteiger partial charge in [-0.3, -0.25) is 4.79 Å². The van der Waals surface area contributed by atoms with Gasteiger partial charge >= 0.3 is 0 Å². The molecule has 1 aliphatic rings. The molecule has 1 aliphatic carbocycles. The Morgan fingerprint density at radius 1 is 1.28 bits per heavy atom. The van der Waals surface area contributed by atoms with Crippen LogP contribution in [0.4, 0.5) is 5.82 Å². The highest BCUT2D eigenvalue weighted by molar-refractivity contribution is 7.99. The van der Waals surface area contributed by atoms with E-state index in [1.54, 1.807) is 35.6 Å². The van der Waals surface area contributed by atoms with Crippen LogP contribution in [0.15, 0.2) is 29.4 Å². The highest BCUT2D eigenvalue weighted by atomic mass is 32.2. The summed E-state index contributed by atoms with van der Waals surface area (Å²) in [7, 11) is 0. The predicted molar refractivity (Wildman–Crippen MR) is 117 cm³/mol. The van der Waals surface area contributed by atoms with Crippen LogP contribution in [0, 0.1) is 0 Å². The molecule has 6 nitrogen and oxygen atoms in total. The molecule has 0 bridgehead atoms. The number of thioether (sulfide) groups is 1. The molecule has 0 saturated heterocycles. The summed E-state index contributed by atoms with van der Waals surface area (Å²) in [5, 5.41) is 11.8. The number of rotatable bonds is 7. The lowest BCUT2D eigenvalue weighted by Gasteiger charge is -2.12. The molecule has 0 radical (unpaired) electrons. The molecule has 29 heavy (non-hydrogen) atoms. The summed E-state index contributed by atoms with van der Waals surface area (Å²) < 4.78 is 5.60. The summed E-state index contributed by atoms with van der Waals surface area (Å²) in [4.78, 5) is 22.8. The average molecular weight is 430 g/mol. The Bertz CT molecular complexity index is 1030. The number of carbonyl (C=O) groups excluding carboxylic acids is 1. The van der Waals surface area contributed by atoms with E-state index in [1.807, 2.05) is 0 Å². The Labute approximate surface area is 177 Å². The van der Waals surface area contributed by atoms with E-state index in [1.165, 1.54) is 42.0 Å². The number of ketones is 1. The molecule has 0 amide bonds. The highest BCUT2D eigenvalue weighted by Gasteiger charge is 2.20. The zero-order valence-electron chi connectivity index (χ0n) is 16.2. The van der Waals surface area contributed by atoms with Crippen molar-refractivity contribution >= 4 is 44.9 Å². The highest BCUT2D eigenvalue weighted by Crippen LogP contribution is 2.38. The lowest BCUT2D eigenvalue weighted by atomic mass is 9.97. The molecule has 2 aromatic heterocycles. The van der Waals surface area contributed by atoms with Crippen LogP contribution in [0.5, 0.6) is 5.75 Å². The minimum Gasteiger partial charge on any atom is -0.491 e. The molecule has 8 heteroatoms. The maximum Gasteiger partial charge on any atom is 0.190 e.